The van der Waals surface area contributed by atoms with E-state index in [1.807, 2.05) is 6.92 Å². The van der Waals surface area contributed by atoms with Gasteiger partial charge in [0.25, 0.3) is 5.91 Å². The van der Waals surface area contributed by atoms with Crippen LogP contribution in [0.2, 0.25) is 0 Å². The zero-order valence-corrected chi connectivity index (χ0v) is 16.4. The molecule has 0 atom stereocenters. The lowest BCUT2D eigenvalue weighted by Crippen LogP contribution is -2.15. The normalized spacial score (nSPS) is 13.6. The lowest BCUT2D eigenvalue weighted by Gasteiger charge is -2.10. The van der Waals surface area contributed by atoms with E-state index in [9.17, 15) is 14.0 Å². The maximum Gasteiger partial charge on any atom is 0.258 e. The van der Waals surface area contributed by atoms with E-state index < -0.39 is 11.7 Å². The van der Waals surface area contributed by atoms with Gasteiger partial charge in [-0.15, -0.1) is 0 Å². The Morgan fingerprint density at radius 3 is 2.72 bits per heavy atom. The number of carbonyl (C=O) groups is 2. The fourth-order valence-corrected chi connectivity index (χ4v) is 3.68. The van der Waals surface area contributed by atoms with Crippen LogP contribution in [0.5, 0.6) is 0 Å². The van der Waals surface area contributed by atoms with Crippen molar-refractivity contribution >= 4 is 34.4 Å². The lowest BCUT2D eigenvalue weighted by atomic mass is 10.1. The minimum Gasteiger partial charge on any atom is -0.326 e. The summed E-state index contributed by atoms with van der Waals surface area (Å²) in [6.07, 6.45) is 4.11. The average Bonchev–Trinajstić information content (AvgIpc) is 2.84. The summed E-state index contributed by atoms with van der Waals surface area (Å²) in [6.45, 7) is 4.02. The monoisotopic (exact) mass is 395 g/mol. The van der Waals surface area contributed by atoms with E-state index in [2.05, 4.69) is 25.2 Å². The predicted molar refractivity (Wildman–Crippen MR) is 108 cm³/mol. The van der Waals surface area contributed by atoms with Crippen LogP contribution in [0.3, 0.4) is 0 Å². The highest BCUT2D eigenvalue weighted by molar-refractivity contribution is 6.11. The summed E-state index contributed by atoms with van der Waals surface area (Å²) in [4.78, 5) is 33.5. The fraction of sp³-hybridized carbons (Fsp3) is 0.333. The van der Waals surface area contributed by atoms with Gasteiger partial charge in [-0.2, -0.15) is 0 Å². The van der Waals surface area contributed by atoms with Gasteiger partial charge in [-0.25, -0.2) is 14.4 Å². The highest BCUT2D eigenvalue weighted by Crippen LogP contribution is 2.26. The summed E-state index contributed by atoms with van der Waals surface area (Å²) in [7, 11) is 0. The number of rotatable bonds is 3. The van der Waals surface area contributed by atoms with E-state index in [1.54, 1.807) is 6.07 Å². The molecule has 1 aliphatic heterocycles. The number of nitrogens with zero attached hydrogens (tertiary/aromatic N) is 3. The number of aryl methyl sites for hydroxylation is 3. The molecule has 0 fully saturated rings. The molecule has 0 bridgehead atoms. The first-order valence-electron chi connectivity index (χ1n) is 9.67. The van der Waals surface area contributed by atoms with Crippen molar-refractivity contribution in [3.8, 4) is 0 Å². The average molecular weight is 395 g/mol. The molecule has 1 aliphatic rings. The van der Waals surface area contributed by atoms with Crippen LogP contribution in [0.4, 0.5) is 15.8 Å². The Bertz CT molecular complexity index is 1120. The summed E-state index contributed by atoms with van der Waals surface area (Å²) < 4.78 is 16.3. The van der Waals surface area contributed by atoms with Crippen LogP contribution in [-0.4, -0.2) is 26.3 Å². The predicted octanol–water partition coefficient (Wildman–Crippen LogP) is 3.82. The number of hydrogen-bond acceptors (Lipinski definition) is 4. The summed E-state index contributed by atoms with van der Waals surface area (Å²) in [5.74, 6) is -0.397. The Hall–Kier alpha value is -3.29. The molecule has 7 nitrogen and oxygen atoms in total. The minimum absolute atomic E-state index is 0.00959. The first-order valence-corrected chi connectivity index (χ1v) is 9.67. The third-order valence-corrected chi connectivity index (χ3v) is 4.97. The van der Waals surface area contributed by atoms with Crippen LogP contribution >= 0.6 is 0 Å². The van der Waals surface area contributed by atoms with Gasteiger partial charge in [0.15, 0.2) is 5.65 Å². The summed E-state index contributed by atoms with van der Waals surface area (Å²) in [5.41, 5.74) is 2.67. The van der Waals surface area contributed by atoms with Crippen molar-refractivity contribution in [1.82, 2.24) is 14.5 Å². The highest BCUT2D eigenvalue weighted by Gasteiger charge is 2.21. The van der Waals surface area contributed by atoms with Gasteiger partial charge >= 0.3 is 0 Å². The van der Waals surface area contributed by atoms with Gasteiger partial charge in [0.05, 0.1) is 11.3 Å². The highest BCUT2D eigenvalue weighted by atomic mass is 19.1. The largest absolute Gasteiger partial charge is 0.326 e. The maximum atomic E-state index is 14.2. The SMILES string of the molecule is CC(=O)Nc1ccc(F)c(NC(=O)c2cc(C)nc3c2nc2n3CCCCC2)c1. The number of benzene rings is 1. The van der Waals surface area contributed by atoms with Crippen molar-refractivity contribution in [2.45, 2.75) is 46.1 Å². The van der Waals surface area contributed by atoms with Crippen LogP contribution in [0, 0.1) is 12.7 Å². The number of aromatic nitrogens is 3. The molecule has 1 aromatic carbocycles. The number of pyridine rings is 1. The molecule has 150 valence electrons. The second kappa shape index (κ2) is 7.62. The van der Waals surface area contributed by atoms with Crippen molar-refractivity contribution in [3.63, 3.8) is 0 Å². The van der Waals surface area contributed by atoms with E-state index in [4.69, 9.17) is 0 Å². The minimum atomic E-state index is -0.588. The number of imidazole rings is 1. The van der Waals surface area contributed by atoms with Gasteiger partial charge < -0.3 is 15.2 Å². The summed E-state index contributed by atoms with van der Waals surface area (Å²) in [6, 6.07) is 5.70. The molecule has 3 aromatic rings. The van der Waals surface area contributed by atoms with Crippen LogP contribution in [0.15, 0.2) is 24.3 Å². The Labute approximate surface area is 167 Å². The Kier molecular flexibility index (Phi) is 5.00. The van der Waals surface area contributed by atoms with Crippen LogP contribution in [0.25, 0.3) is 11.2 Å². The molecular formula is C21H22FN5O2. The second-order valence-corrected chi connectivity index (χ2v) is 7.30. The van der Waals surface area contributed by atoms with E-state index in [0.717, 1.165) is 38.1 Å². The molecule has 8 heteroatoms. The molecule has 0 radical (unpaired) electrons. The Morgan fingerprint density at radius 1 is 1.10 bits per heavy atom. The van der Waals surface area contributed by atoms with Gasteiger partial charge in [-0.1, -0.05) is 6.42 Å². The molecule has 2 aromatic heterocycles. The molecule has 29 heavy (non-hydrogen) atoms. The molecule has 0 aliphatic carbocycles. The van der Waals surface area contributed by atoms with Gasteiger partial charge in [0.2, 0.25) is 5.91 Å². The van der Waals surface area contributed by atoms with Crippen molar-refractivity contribution in [3.05, 3.63) is 47.2 Å². The van der Waals surface area contributed by atoms with Crippen LogP contribution < -0.4 is 10.6 Å². The quantitative estimate of drug-likeness (QED) is 0.706. The first kappa shape index (κ1) is 19.0. The first-order chi connectivity index (χ1) is 13.9. The van der Waals surface area contributed by atoms with Gasteiger partial charge in [-0.3, -0.25) is 9.59 Å². The van der Waals surface area contributed by atoms with E-state index in [0.29, 0.717) is 28.1 Å². The van der Waals surface area contributed by atoms with Crippen molar-refractivity contribution in [2.75, 3.05) is 10.6 Å². The van der Waals surface area contributed by atoms with E-state index >= 15 is 0 Å². The van der Waals surface area contributed by atoms with E-state index in [-0.39, 0.29) is 11.6 Å². The number of amides is 2. The third-order valence-electron chi connectivity index (χ3n) is 4.97. The van der Waals surface area contributed by atoms with Crippen LogP contribution in [-0.2, 0) is 17.8 Å². The van der Waals surface area contributed by atoms with Gasteiger partial charge in [0, 0.05) is 31.3 Å². The molecular weight excluding hydrogens is 373 g/mol. The molecule has 3 heterocycles. The number of nitrogens with one attached hydrogen (secondary N) is 2. The fourth-order valence-electron chi connectivity index (χ4n) is 3.68. The van der Waals surface area contributed by atoms with Gasteiger partial charge in [0.1, 0.15) is 17.2 Å². The van der Waals surface area contributed by atoms with Crippen molar-refractivity contribution < 1.29 is 14.0 Å². The van der Waals surface area contributed by atoms with Gasteiger partial charge in [-0.05, 0) is 44.0 Å². The van der Waals surface area contributed by atoms with Crippen LogP contribution in [0.1, 0.15) is 48.1 Å². The zero-order valence-electron chi connectivity index (χ0n) is 16.4. The Morgan fingerprint density at radius 2 is 1.93 bits per heavy atom. The number of anilines is 2. The molecule has 2 amide bonds. The molecule has 4 rings (SSSR count). The van der Waals surface area contributed by atoms with Crippen molar-refractivity contribution in [1.29, 1.82) is 0 Å². The molecule has 0 spiro atoms. The van der Waals surface area contributed by atoms with E-state index in [1.165, 1.54) is 25.1 Å². The third kappa shape index (κ3) is 3.83. The number of carbonyl (C=O) groups excluding carboxylic acids is 2. The molecule has 2 N–H and O–H groups in total. The standard InChI is InChI=1S/C21H22FN5O2/c1-12-10-15(19-20(23-12)27-9-5-3-4-6-18(27)26-19)21(29)25-17-11-14(24-13(2)28)7-8-16(17)22/h7-8,10-11H,3-6,9H2,1-2H3,(H,24,28)(H,25,29). The smallest absolute Gasteiger partial charge is 0.258 e. The molecule has 0 saturated carbocycles. The Balaban J connectivity index is 1.72. The zero-order chi connectivity index (χ0) is 20.5. The number of fused-ring (bicyclic) bond motifs is 3. The summed E-state index contributed by atoms with van der Waals surface area (Å²) >= 11 is 0. The number of hydrogen-bond donors (Lipinski definition) is 2. The second-order valence-electron chi connectivity index (χ2n) is 7.30. The van der Waals surface area contributed by atoms with Crippen molar-refractivity contribution in [2.24, 2.45) is 0 Å². The number of halogens is 1. The maximum absolute atomic E-state index is 14.2. The topological polar surface area (TPSA) is 88.9 Å². The summed E-state index contributed by atoms with van der Waals surface area (Å²) in [5, 5.41) is 5.19. The molecule has 0 saturated heterocycles. The molecule has 0 unspecified atom stereocenters. The lowest BCUT2D eigenvalue weighted by molar-refractivity contribution is -0.114.